The minimum absolute atomic E-state index is 0.0936. The standard InChI is InChI=1S/C8H8INO3/c1-13-7-2-5(3-9)10-4-6(7)8(11)12/h2,4H,3H2,1H3,(H,11,12). The summed E-state index contributed by atoms with van der Waals surface area (Å²) in [5, 5.41) is 8.74. The van der Waals surface area contributed by atoms with Crippen LogP contribution >= 0.6 is 22.6 Å². The number of alkyl halides is 1. The van der Waals surface area contributed by atoms with E-state index in [1.165, 1.54) is 13.3 Å². The van der Waals surface area contributed by atoms with Gasteiger partial charge in [-0.1, -0.05) is 22.6 Å². The van der Waals surface area contributed by atoms with Gasteiger partial charge in [0.1, 0.15) is 11.3 Å². The molecule has 0 spiro atoms. The summed E-state index contributed by atoms with van der Waals surface area (Å²) in [6.45, 7) is 0. The molecule has 0 amide bonds. The molecule has 0 aromatic carbocycles. The first kappa shape index (κ1) is 10.2. The van der Waals surface area contributed by atoms with Crippen LogP contribution in [0.5, 0.6) is 5.75 Å². The number of hydrogen-bond acceptors (Lipinski definition) is 3. The molecule has 1 heterocycles. The topological polar surface area (TPSA) is 59.4 Å². The van der Waals surface area contributed by atoms with Crippen LogP contribution in [0.25, 0.3) is 0 Å². The van der Waals surface area contributed by atoms with Gasteiger partial charge in [-0.05, 0) is 0 Å². The monoisotopic (exact) mass is 293 g/mol. The fourth-order valence-corrected chi connectivity index (χ4v) is 1.30. The van der Waals surface area contributed by atoms with Crippen molar-refractivity contribution < 1.29 is 14.6 Å². The van der Waals surface area contributed by atoms with Crippen LogP contribution in [0.3, 0.4) is 0 Å². The highest BCUT2D eigenvalue weighted by atomic mass is 127. The average Bonchev–Trinajstić information content (AvgIpc) is 2.16. The van der Waals surface area contributed by atoms with E-state index < -0.39 is 5.97 Å². The Labute approximate surface area is 89.1 Å². The molecule has 0 saturated heterocycles. The van der Waals surface area contributed by atoms with Gasteiger partial charge in [0.05, 0.1) is 12.8 Å². The second kappa shape index (κ2) is 4.40. The molecule has 1 aromatic heterocycles. The Morgan fingerprint density at radius 3 is 2.92 bits per heavy atom. The van der Waals surface area contributed by atoms with Crippen molar-refractivity contribution in [3.05, 3.63) is 23.5 Å². The van der Waals surface area contributed by atoms with Gasteiger partial charge in [0, 0.05) is 16.7 Å². The van der Waals surface area contributed by atoms with Gasteiger partial charge in [-0.2, -0.15) is 0 Å². The maximum absolute atomic E-state index is 10.7. The van der Waals surface area contributed by atoms with E-state index in [1.54, 1.807) is 6.07 Å². The molecule has 0 radical (unpaired) electrons. The zero-order chi connectivity index (χ0) is 9.84. The van der Waals surface area contributed by atoms with Gasteiger partial charge < -0.3 is 9.84 Å². The van der Waals surface area contributed by atoms with Gasteiger partial charge in [-0.3, -0.25) is 4.98 Å². The molecule has 0 aliphatic rings. The molecule has 70 valence electrons. The van der Waals surface area contributed by atoms with Gasteiger partial charge in [0.25, 0.3) is 0 Å². The minimum Gasteiger partial charge on any atom is -0.496 e. The molecule has 0 atom stereocenters. The average molecular weight is 293 g/mol. The highest BCUT2D eigenvalue weighted by Crippen LogP contribution is 2.19. The van der Waals surface area contributed by atoms with Crippen LogP contribution in [0.15, 0.2) is 12.3 Å². The summed E-state index contributed by atoms with van der Waals surface area (Å²) >= 11 is 2.15. The van der Waals surface area contributed by atoms with E-state index in [-0.39, 0.29) is 5.56 Å². The highest BCUT2D eigenvalue weighted by molar-refractivity contribution is 14.1. The number of halogens is 1. The summed E-state index contributed by atoms with van der Waals surface area (Å²) in [5.74, 6) is -0.668. The lowest BCUT2D eigenvalue weighted by Gasteiger charge is -2.04. The summed E-state index contributed by atoms with van der Waals surface area (Å²) in [4.78, 5) is 14.6. The Bertz CT molecular complexity index is 327. The number of pyridine rings is 1. The second-order valence-corrected chi connectivity index (χ2v) is 3.08. The predicted molar refractivity (Wildman–Crippen MR) is 55.5 cm³/mol. The Balaban J connectivity index is 3.15. The van der Waals surface area contributed by atoms with Crippen molar-refractivity contribution in [3.8, 4) is 5.75 Å². The largest absolute Gasteiger partial charge is 0.496 e. The number of aromatic nitrogens is 1. The van der Waals surface area contributed by atoms with E-state index in [0.717, 1.165) is 10.1 Å². The molecule has 0 unspecified atom stereocenters. The van der Waals surface area contributed by atoms with Crippen molar-refractivity contribution in [2.45, 2.75) is 4.43 Å². The molecule has 13 heavy (non-hydrogen) atoms. The number of carbonyl (C=O) groups is 1. The fourth-order valence-electron chi connectivity index (χ4n) is 0.880. The van der Waals surface area contributed by atoms with Gasteiger partial charge in [-0.15, -0.1) is 0 Å². The lowest BCUT2D eigenvalue weighted by atomic mass is 10.2. The van der Waals surface area contributed by atoms with Crippen LogP contribution in [-0.2, 0) is 4.43 Å². The zero-order valence-electron chi connectivity index (χ0n) is 6.95. The summed E-state index contributed by atoms with van der Waals surface area (Å²) in [6.07, 6.45) is 1.31. The third kappa shape index (κ3) is 2.30. The molecular formula is C8H8INO3. The molecule has 0 aliphatic carbocycles. The second-order valence-electron chi connectivity index (χ2n) is 2.31. The van der Waals surface area contributed by atoms with E-state index in [1.807, 2.05) is 0 Å². The smallest absolute Gasteiger partial charge is 0.341 e. The molecule has 0 bridgehead atoms. The molecule has 0 aliphatic heterocycles. The Morgan fingerprint density at radius 1 is 1.77 bits per heavy atom. The van der Waals surface area contributed by atoms with Crippen molar-refractivity contribution in [3.63, 3.8) is 0 Å². The summed E-state index contributed by atoms with van der Waals surface area (Å²) in [5.41, 5.74) is 0.901. The van der Waals surface area contributed by atoms with E-state index in [2.05, 4.69) is 27.6 Å². The van der Waals surface area contributed by atoms with E-state index in [0.29, 0.717) is 5.75 Å². The first-order chi connectivity index (χ1) is 6.19. The van der Waals surface area contributed by atoms with Crippen LogP contribution in [0, 0.1) is 0 Å². The maximum atomic E-state index is 10.7. The summed E-state index contributed by atoms with van der Waals surface area (Å²) < 4.78 is 5.66. The number of carboxylic acid groups (broad SMARTS) is 1. The fraction of sp³-hybridized carbons (Fsp3) is 0.250. The number of ether oxygens (including phenoxy) is 1. The molecule has 5 heteroatoms. The van der Waals surface area contributed by atoms with Gasteiger partial charge >= 0.3 is 5.97 Å². The van der Waals surface area contributed by atoms with Gasteiger partial charge in [-0.25, -0.2) is 4.79 Å². The first-order valence-electron chi connectivity index (χ1n) is 3.51. The van der Waals surface area contributed by atoms with Gasteiger partial charge in [0.15, 0.2) is 0 Å². The Kier molecular flexibility index (Phi) is 3.47. The number of aromatic carboxylic acids is 1. The van der Waals surface area contributed by atoms with Crippen LogP contribution in [-0.4, -0.2) is 23.2 Å². The molecule has 1 N–H and O–H groups in total. The van der Waals surface area contributed by atoms with Crippen LogP contribution in [0.4, 0.5) is 0 Å². The van der Waals surface area contributed by atoms with Crippen LogP contribution in [0.1, 0.15) is 16.1 Å². The van der Waals surface area contributed by atoms with Crippen LogP contribution in [0.2, 0.25) is 0 Å². The van der Waals surface area contributed by atoms with Gasteiger partial charge in [0.2, 0.25) is 0 Å². The number of hydrogen-bond donors (Lipinski definition) is 1. The maximum Gasteiger partial charge on any atom is 0.341 e. The minimum atomic E-state index is -1.02. The van der Waals surface area contributed by atoms with Crippen molar-refractivity contribution in [2.24, 2.45) is 0 Å². The quantitative estimate of drug-likeness (QED) is 0.681. The number of rotatable bonds is 3. The molecule has 4 nitrogen and oxygen atoms in total. The lowest BCUT2D eigenvalue weighted by Crippen LogP contribution is -2.02. The highest BCUT2D eigenvalue weighted by Gasteiger charge is 2.11. The van der Waals surface area contributed by atoms with Crippen LogP contribution < -0.4 is 4.74 Å². The summed E-state index contributed by atoms with van der Waals surface area (Å²) in [6, 6.07) is 1.63. The molecule has 1 rings (SSSR count). The van der Waals surface area contributed by atoms with E-state index in [4.69, 9.17) is 9.84 Å². The van der Waals surface area contributed by atoms with E-state index in [9.17, 15) is 4.79 Å². The Hall–Kier alpha value is -0.850. The number of carboxylic acids is 1. The lowest BCUT2D eigenvalue weighted by molar-refractivity contribution is 0.0693. The third-order valence-electron chi connectivity index (χ3n) is 1.51. The van der Waals surface area contributed by atoms with Crippen molar-refractivity contribution in [1.82, 2.24) is 4.98 Å². The first-order valence-corrected chi connectivity index (χ1v) is 5.03. The number of nitrogens with zero attached hydrogens (tertiary/aromatic N) is 1. The van der Waals surface area contributed by atoms with Crippen molar-refractivity contribution >= 4 is 28.6 Å². The summed E-state index contributed by atoms with van der Waals surface area (Å²) in [7, 11) is 1.44. The SMILES string of the molecule is COc1cc(CI)ncc1C(=O)O. The number of methoxy groups -OCH3 is 1. The zero-order valence-corrected chi connectivity index (χ0v) is 9.11. The molecule has 0 fully saturated rings. The van der Waals surface area contributed by atoms with E-state index >= 15 is 0 Å². The van der Waals surface area contributed by atoms with Crippen molar-refractivity contribution in [1.29, 1.82) is 0 Å². The normalized spacial score (nSPS) is 9.69. The molecule has 1 aromatic rings. The molecule has 0 saturated carbocycles. The Morgan fingerprint density at radius 2 is 2.46 bits per heavy atom. The van der Waals surface area contributed by atoms with Crippen molar-refractivity contribution in [2.75, 3.05) is 7.11 Å². The molecular weight excluding hydrogens is 285 g/mol. The third-order valence-corrected chi connectivity index (χ3v) is 2.29. The predicted octanol–water partition coefficient (Wildman–Crippen LogP) is 1.72.